The second-order valence-electron chi connectivity index (χ2n) is 3.86. The SMILES string of the molecule is COC1CC(NC(=O)c2cnccc2Cl)C1. The van der Waals surface area contributed by atoms with Gasteiger partial charge in [-0.1, -0.05) is 11.6 Å². The largest absolute Gasteiger partial charge is 0.381 e. The topological polar surface area (TPSA) is 51.2 Å². The molecule has 0 aromatic carbocycles. The summed E-state index contributed by atoms with van der Waals surface area (Å²) in [5, 5.41) is 3.32. The van der Waals surface area contributed by atoms with E-state index in [9.17, 15) is 4.79 Å². The Bertz CT molecular complexity index is 391. The molecule has 0 spiro atoms. The number of pyridine rings is 1. The maximum absolute atomic E-state index is 11.8. The van der Waals surface area contributed by atoms with Crippen molar-refractivity contribution in [2.24, 2.45) is 0 Å². The quantitative estimate of drug-likeness (QED) is 0.874. The molecule has 2 rings (SSSR count). The van der Waals surface area contributed by atoms with Crippen LogP contribution in [-0.2, 0) is 4.74 Å². The number of carbonyl (C=O) groups is 1. The number of methoxy groups -OCH3 is 1. The van der Waals surface area contributed by atoms with E-state index in [0.717, 1.165) is 12.8 Å². The summed E-state index contributed by atoms with van der Waals surface area (Å²) in [6.45, 7) is 0. The zero-order chi connectivity index (χ0) is 11.5. The number of rotatable bonds is 3. The van der Waals surface area contributed by atoms with E-state index in [1.807, 2.05) is 0 Å². The first-order chi connectivity index (χ1) is 7.70. The van der Waals surface area contributed by atoms with Crippen LogP contribution in [0, 0.1) is 0 Å². The van der Waals surface area contributed by atoms with Gasteiger partial charge in [0, 0.05) is 25.5 Å². The van der Waals surface area contributed by atoms with Gasteiger partial charge in [-0.25, -0.2) is 0 Å². The van der Waals surface area contributed by atoms with Crippen molar-refractivity contribution in [3.05, 3.63) is 29.0 Å². The molecule has 0 radical (unpaired) electrons. The monoisotopic (exact) mass is 240 g/mol. The van der Waals surface area contributed by atoms with E-state index < -0.39 is 0 Å². The van der Waals surface area contributed by atoms with E-state index >= 15 is 0 Å². The van der Waals surface area contributed by atoms with Crippen molar-refractivity contribution in [1.82, 2.24) is 10.3 Å². The summed E-state index contributed by atoms with van der Waals surface area (Å²) in [7, 11) is 1.68. The maximum atomic E-state index is 11.8. The molecule has 1 amide bonds. The highest BCUT2D eigenvalue weighted by atomic mass is 35.5. The van der Waals surface area contributed by atoms with Crippen LogP contribution in [0.5, 0.6) is 0 Å². The van der Waals surface area contributed by atoms with Crippen LogP contribution in [-0.4, -0.2) is 30.1 Å². The van der Waals surface area contributed by atoms with Gasteiger partial charge < -0.3 is 10.1 Å². The average molecular weight is 241 g/mol. The maximum Gasteiger partial charge on any atom is 0.254 e. The van der Waals surface area contributed by atoms with Gasteiger partial charge in [0.15, 0.2) is 0 Å². The fourth-order valence-corrected chi connectivity index (χ4v) is 1.87. The fraction of sp³-hybridized carbons (Fsp3) is 0.455. The summed E-state index contributed by atoms with van der Waals surface area (Å²) < 4.78 is 5.14. The zero-order valence-corrected chi connectivity index (χ0v) is 9.70. The van der Waals surface area contributed by atoms with Crippen molar-refractivity contribution in [3.8, 4) is 0 Å². The Kier molecular flexibility index (Phi) is 3.41. The lowest BCUT2D eigenvalue weighted by atomic mass is 9.89. The fourth-order valence-electron chi connectivity index (χ4n) is 1.68. The molecule has 0 unspecified atom stereocenters. The summed E-state index contributed by atoms with van der Waals surface area (Å²) in [4.78, 5) is 15.7. The van der Waals surface area contributed by atoms with Crippen LogP contribution in [0.3, 0.4) is 0 Å². The second-order valence-corrected chi connectivity index (χ2v) is 4.26. The lowest BCUT2D eigenvalue weighted by molar-refractivity contribution is 0.0176. The zero-order valence-electron chi connectivity index (χ0n) is 8.94. The molecule has 0 bridgehead atoms. The third-order valence-corrected chi connectivity index (χ3v) is 3.11. The van der Waals surface area contributed by atoms with Crippen molar-refractivity contribution >= 4 is 17.5 Å². The highest BCUT2D eigenvalue weighted by Crippen LogP contribution is 2.23. The van der Waals surface area contributed by atoms with E-state index in [4.69, 9.17) is 16.3 Å². The van der Waals surface area contributed by atoms with E-state index in [1.165, 1.54) is 6.20 Å². The molecule has 1 aliphatic carbocycles. The van der Waals surface area contributed by atoms with Crippen LogP contribution in [0.2, 0.25) is 5.02 Å². The number of nitrogens with one attached hydrogen (secondary N) is 1. The molecule has 86 valence electrons. The standard InChI is InChI=1S/C11H13ClN2O2/c1-16-8-4-7(5-8)14-11(15)9-6-13-3-2-10(9)12/h2-3,6-8H,4-5H2,1H3,(H,14,15). The summed E-state index contributed by atoms with van der Waals surface area (Å²) in [6, 6.07) is 1.79. The molecule has 0 atom stereocenters. The van der Waals surface area contributed by atoms with Gasteiger partial charge in [0.1, 0.15) is 0 Å². The van der Waals surface area contributed by atoms with Gasteiger partial charge >= 0.3 is 0 Å². The molecule has 1 fully saturated rings. The molecule has 16 heavy (non-hydrogen) atoms. The second kappa shape index (κ2) is 4.80. The minimum Gasteiger partial charge on any atom is -0.381 e. The molecule has 1 N–H and O–H groups in total. The molecule has 1 aliphatic rings. The number of halogens is 1. The highest BCUT2D eigenvalue weighted by molar-refractivity contribution is 6.33. The third-order valence-electron chi connectivity index (χ3n) is 2.78. The Morgan fingerprint density at radius 1 is 1.62 bits per heavy atom. The van der Waals surface area contributed by atoms with Gasteiger partial charge in [0.05, 0.1) is 16.7 Å². The van der Waals surface area contributed by atoms with Gasteiger partial charge in [-0.3, -0.25) is 9.78 Å². The number of hydrogen-bond acceptors (Lipinski definition) is 3. The Balaban J connectivity index is 1.92. The number of amides is 1. The number of ether oxygens (including phenoxy) is 1. The first-order valence-electron chi connectivity index (χ1n) is 5.14. The summed E-state index contributed by atoms with van der Waals surface area (Å²) in [5.74, 6) is -0.169. The van der Waals surface area contributed by atoms with Gasteiger partial charge in [0.25, 0.3) is 5.91 Å². The molecule has 5 heteroatoms. The van der Waals surface area contributed by atoms with Crippen LogP contribution in [0.15, 0.2) is 18.5 Å². The Labute approximate surface area is 99.0 Å². The first-order valence-corrected chi connectivity index (χ1v) is 5.51. The van der Waals surface area contributed by atoms with Gasteiger partial charge in [-0.05, 0) is 18.9 Å². The van der Waals surface area contributed by atoms with Crippen LogP contribution < -0.4 is 5.32 Å². The number of carbonyl (C=O) groups excluding carboxylic acids is 1. The molecule has 0 aliphatic heterocycles. The first kappa shape index (κ1) is 11.4. The summed E-state index contributed by atoms with van der Waals surface area (Å²) in [5.41, 5.74) is 0.421. The van der Waals surface area contributed by atoms with Crippen LogP contribution in [0.4, 0.5) is 0 Å². The molecule has 1 heterocycles. The van der Waals surface area contributed by atoms with Crippen molar-refractivity contribution in [2.75, 3.05) is 7.11 Å². The third kappa shape index (κ3) is 2.33. The van der Waals surface area contributed by atoms with E-state index in [0.29, 0.717) is 10.6 Å². The molecule has 0 saturated heterocycles. The summed E-state index contributed by atoms with van der Waals surface area (Å²) in [6.07, 6.45) is 5.03. The number of hydrogen-bond donors (Lipinski definition) is 1. The molecule has 1 aromatic heterocycles. The summed E-state index contributed by atoms with van der Waals surface area (Å²) >= 11 is 5.89. The lowest BCUT2D eigenvalue weighted by Crippen LogP contribution is -2.47. The molecular weight excluding hydrogens is 228 g/mol. The minimum absolute atomic E-state index is 0.169. The molecule has 1 aromatic rings. The van der Waals surface area contributed by atoms with Crippen LogP contribution in [0.1, 0.15) is 23.2 Å². The lowest BCUT2D eigenvalue weighted by Gasteiger charge is -2.34. The predicted molar refractivity (Wildman–Crippen MR) is 60.5 cm³/mol. The van der Waals surface area contributed by atoms with Crippen molar-refractivity contribution in [1.29, 1.82) is 0 Å². The van der Waals surface area contributed by atoms with Gasteiger partial charge in [-0.2, -0.15) is 0 Å². The van der Waals surface area contributed by atoms with E-state index in [2.05, 4.69) is 10.3 Å². The van der Waals surface area contributed by atoms with E-state index in [-0.39, 0.29) is 18.1 Å². The minimum atomic E-state index is -0.169. The molecular formula is C11H13ClN2O2. The van der Waals surface area contributed by atoms with Crippen molar-refractivity contribution in [2.45, 2.75) is 25.0 Å². The van der Waals surface area contributed by atoms with E-state index in [1.54, 1.807) is 19.4 Å². The van der Waals surface area contributed by atoms with Gasteiger partial charge in [-0.15, -0.1) is 0 Å². The Morgan fingerprint density at radius 3 is 3.00 bits per heavy atom. The Morgan fingerprint density at radius 2 is 2.38 bits per heavy atom. The highest BCUT2D eigenvalue weighted by Gasteiger charge is 2.30. The van der Waals surface area contributed by atoms with Gasteiger partial charge in [0.2, 0.25) is 0 Å². The number of nitrogens with zero attached hydrogens (tertiary/aromatic N) is 1. The van der Waals surface area contributed by atoms with Crippen molar-refractivity contribution < 1.29 is 9.53 Å². The smallest absolute Gasteiger partial charge is 0.254 e. The Hall–Kier alpha value is -1.13. The normalized spacial score (nSPS) is 23.6. The average Bonchev–Trinajstić information content (AvgIpc) is 2.23. The number of aromatic nitrogens is 1. The van der Waals surface area contributed by atoms with Crippen molar-refractivity contribution in [3.63, 3.8) is 0 Å². The molecule has 1 saturated carbocycles. The molecule has 4 nitrogen and oxygen atoms in total. The van der Waals surface area contributed by atoms with Crippen LogP contribution >= 0.6 is 11.6 Å². The predicted octanol–water partition coefficient (Wildman–Crippen LogP) is 1.64. The van der Waals surface area contributed by atoms with Crippen LogP contribution in [0.25, 0.3) is 0 Å².